The molecule has 2 aromatic carbocycles. The van der Waals surface area contributed by atoms with Crippen molar-refractivity contribution in [2.24, 2.45) is 5.92 Å². The van der Waals surface area contributed by atoms with Crippen molar-refractivity contribution in [3.63, 3.8) is 0 Å². The first kappa shape index (κ1) is 25.5. The first-order chi connectivity index (χ1) is 18.5. The minimum absolute atomic E-state index is 0.0665. The number of carbonyl (C=O) groups excluding carboxylic acids is 1. The van der Waals surface area contributed by atoms with Crippen LogP contribution in [0, 0.1) is 11.7 Å². The molecule has 0 radical (unpaired) electrons. The Labute approximate surface area is 224 Å². The largest absolute Gasteiger partial charge is 0.354 e. The number of anilines is 1. The molecular weight excluding hydrogens is 507 g/mol. The third-order valence-electron chi connectivity index (χ3n) is 6.54. The maximum absolute atomic E-state index is 13.2. The zero-order valence-electron chi connectivity index (χ0n) is 20.6. The summed E-state index contributed by atoms with van der Waals surface area (Å²) in [6, 6.07) is 20.2. The van der Waals surface area contributed by atoms with E-state index >= 15 is 0 Å². The van der Waals surface area contributed by atoms with Crippen molar-refractivity contribution in [1.29, 1.82) is 0 Å². The predicted octanol–water partition coefficient (Wildman–Crippen LogP) is 4.19. The minimum atomic E-state index is -0.340. The lowest BCUT2D eigenvalue weighted by Gasteiger charge is -2.32. The fourth-order valence-corrected chi connectivity index (χ4v) is 4.61. The third-order valence-corrected chi connectivity index (χ3v) is 6.79. The van der Waals surface area contributed by atoms with Crippen LogP contribution < -0.4 is 15.8 Å². The van der Waals surface area contributed by atoms with Crippen molar-refractivity contribution < 1.29 is 9.18 Å². The number of aromatic nitrogens is 4. The standard InChI is InChI=1S/C28H26ClFN6O2/c29-22-7-3-19(4-8-22)24-11-13-26(33-32-24)35-16-1-2-21(18-35)28(38)31-15-17-36-27(37)14-12-25(34-36)20-5-9-23(30)10-6-20/h3-14,21H,1-2,15-18H2,(H,31,38). The zero-order chi connectivity index (χ0) is 26.5. The molecule has 10 heteroatoms. The van der Waals surface area contributed by atoms with E-state index in [1.165, 1.54) is 22.9 Å². The topological polar surface area (TPSA) is 93.0 Å². The van der Waals surface area contributed by atoms with Crippen LogP contribution in [0.1, 0.15) is 12.8 Å². The van der Waals surface area contributed by atoms with Crippen LogP contribution in [-0.4, -0.2) is 45.5 Å². The number of benzene rings is 2. The van der Waals surface area contributed by atoms with Gasteiger partial charge < -0.3 is 10.2 Å². The van der Waals surface area contributed by atoms with E-state index < -0.39 is 0 Å². The van der Waals surface area contributed by atoms with Crippen molar-refractivity contribution in [2.75, 3.05) is 24.5 Å². The average molecular weight is 533 g/mol. The summed E-state index contributed by atoms with van der Waals surface area (Å²) in [7, 11) is 0. The van der Waals surface area contributed by atoms with E-state index in [0.717, 1.165) is 36.5 Å². The molecule has 1 saturated heterocycles. The number of carbonyl (C=O) groups is 1. The van der Waals surface area contributed by atoms with Crippen LogP contribution in [0.4, 0.5) is 10.2 Å². The van der Waals surface area contributed by atoms with Crippen LogP contribution >= 0.6 is 11.6 Å². The lowest BCUT2D eigenvalue weighted by atomic mass is 9.97. The molecule has 0 bridgehead atoms. The Morgan fingerprint density at radius 1 is 0.947 bits per heavy atom. The maximum Gasteiger partial charge on any atom is 0.266 e. The van der Waals surface area contributed by atoms with Crippen LogP contribution in [-0.2, 0) is 11.3 Å². The first-order valence-corrected chi connectivity index (χ1v) is 12.8. The van der Waals surface area contributed by atoms with Crippen molar-refractivity contribution in [3.8, 4) is 22.5 Å². The Morgan fingerprint density at radius 3 is 2.39 bits per heavy atom. The fraction of sp³-hybridized carbons (Fsp3) is 0.250. The predicted molar refractivity (Wildman–Crippen MR) is 144 cm³/mol. The molecular formula is C28H26ClFN6O2. The number of halogens is 2. The van der Waals surface area contributed by atoms with E-state index in [9.17, 15) is 14.0 Å². The lowest BCUT2D eigenvalue weighted by molar-refractivity contribution is -0.125. The molecule has 8 nitrogen and oxygen atoms in total. The number of piperidine rings is 1. The molecule has 1 N–H and O–H groups in total. The fourth-order valence-electron chi connectivity index (χ4n) is 4.48. The highest BCUT2D eigenvalue weighted by molar-refractivity contribution is 6.30. The summed E-state index contributed by atoms with van der Waals surface area (Å²) < 4.78 is 14.5. The van der Waals surface area contributed by atoms with Crippen LogP contribution in [0.3, 0.4) is 0 Å². The molecule has 0 spiro atoms. The molecule has 4 aromatic rings. The minimum Gasteiger partial charge on any atom is -0.354 e. The summed E-state index contributed by atoms with van der Waals surface area (Å²) >= 11 is 5.96. The number of hydrogen-bond donors (Lipinski definition) is 1. The van der Waals surface area contributed by atoms with Gasteiger partial charge in [0.15, 0.2) is 5.82 Å². The zero-order valence-corrected chi connectivity index (χ0v) is 21.3. The Morgan fingerprint density at radius 2 is 1.66 bits per heavy atom. The van der Waals surface area contributed by atoms with E-state index in [0.29, 0.717) is 22.8 Å². The van der Waals surface area contributed by atoms with Gasteiger partial charge in [-0.05, 0) is 67.4 Å². The average Bonchev–Trinajstić information content (AvgIpc) is 2.95. The van der Waals surface area contributed by atoms with E-state index in [4.69, 9.17) is 11.6 Å². The molecule has 194 valence electrons. The molecule has 3 heterocycles. The molecule has 2 aromatic heterocycles. The lowest BCUT2D eigenvalue weighted by Crippen LogP contribution is -2.44. The maximum atomic E-state index is 13.2. The van der Waals surface area contributed by atoms with E-state index in [1.54, 1.807) is 18.2 Å². The monoisotopic (exact) mass is 532 g/mol. The Kier molecular flexibility index (Phi) is 7.74. The summed E-state index contributed by atoms with van der Waals surface area (Å²) in [6.45, 7) is 1.84. The normalized spacial score (nSPS) is 15.3. The molecule has 0 aliphatic carbocycles. The number of hydrogen-bond acceptors (Lipinski definition) is 6. The summed E-state index contributed by atoms with van der Waals surface area (Å²) in [4.78, 5) is 27.2. The van der Waals surface area contributed by atoms with Crippen molar-refractivity contribution in [3.05, 3.63) is 94.0 Å². The van der Waals surface area contributed by atoms with Crippen LogP contribution in [0.5, 0.6) is 0 Å². The van der Waals surface area contributed by atoms with Gasteiger partial charge >= 0.3 is 0 Å². The quantitative estimate of drug-likeness (QED) is 0.383. The van der Waals surface area contributed by atoms with E-state index in [-0.39, 0.29) is 36.3 Å². The third kappa shape index (κ3) is 6.06. The molecule has 1 unspecified atom stereocenters. The van der Waals surface area contributed by atoms with E-state index in [2.05, 4.69) is 25.5 Å². The van der Waals surface area contributed by atoms with Gasteiger partial charge in [0.05, 0.1) is 23.9 Å². The number of amides is 1. The van der Waals surface area contributed by atoms with Crippen molar-refractivity contribution >= 4 is 23.3 Å². The number of nitrogens with one attached hydrogen (secondary N) is 1. The second kappa shape index (κ2) is 11.5. The van der Waals surface area contributed by atoms with Gasteiger partial charge in [-0.15, -0.1) is 10.2 Å². The smallest absolute Gasteiger partial charge is 0.266 e. The Balaban J connectivity index is 1.17. The highest BCUT2D eigenvalue weighted by atomic mass is 35.5. The second-order valence-electron chi connectivity index (χ2n) is 9.15. The molecule has 1 aliphatic rings. The Bertz CT molecular complexity index is 1460. The molecule has 38 heavy (non-hydrogen) atoms. The van der Waals surface area contributed by atoms with Gasteiger partial charge in [-0.2, -0.15) is 5.10 Å². The summed E-state index contributed by atoms with van der Waals surface area (Å²) in [5.74, 6) is 0.126. The van der Waals surface area contributed by atoms with Gasteiger partial charge in [0, 0.05) is 41.9 Å². The molecule has 5 rings (SSSR count). The molecule has 1 fully saturated rings. The van der Waals surface area contributed by atoms with Gasteiger partial charge in [0.2, 0.25) is 5.91 Å². The molecule has 0 saturated carbocycles. The van der Waals surface area contributed by atoms with Crippen LogP contribution in [0.15, 0.2) is 77.6 Å². The summed E-state index contributed by atoms with van der Waals surface area (Å²) in [6.07, 6.45) is 1.64. The molecule has 1 atom stereocenters. The van der Waals surface area contributed by atoms with Crippen LogP contribution in [0.25, 0.3) is 22.5 Å². The second-order valence-corrected chi connectivity index (χ2v) is 9.58. The Hall–Kier alpha value is -4.11. The van der Waals surface area contributed by atoms with Gasteiger partial charge in [-0.1, -0.05) is 23.7 Å². The highest BCUT2D eigenvalue weighted by Gasteiger charge is 2.26. The number of rotatable bonds is 7. The van der Waals surface area contributed by atoms with Crippen LogP contribution in [0.2, 0.25) is 5.02 Å². The summed E-state index contributed by atoms with van der Waals surface area (Å²) in [5.41, 5.74) is 2.68. The van der Waals surface area contributed by atoms with Gasteiger partial charge in [0.25, 0.3) is 5.56 Å². The van der Waals surface area contributed by atoms with Crippen molar-refractivity contribution in [1.82, 2.24) is 25.3 Å². The van der Waals surface area contributed by atoms with Crippen molar-refractivity contribution in [2.45, 2.75) is 19.4 Å². The van der Waals surface area contributed by atoms with Gasteiger partial charge in [0.1, 0.15) is 5.82 Å². The first-order valence-electron chi connectivity index (χ1n) is 12.4. The van der Waals surface area contributed by atoms with E-state index in [1.807, 2.05) is 36.4 Å². The molecule has 1 amide bonds. The SMILES string of the molecule is O=C(NCCn1nc(-c2ccc(F)cc2)ccc1=O)C1CCCN(c2ccc(-c3ccc(Cl)cc3)nn2)C1. The molecule has 1 aliphatic heterocycles. The summed E-state index contributed by atoms with van der Waals surface area (Å²) in [5, 5.41) is 16.7. The highest BCUT2D eigenvalue weighted by Crippen LogP contribution is 2.24. The number of nitrogens with zero attached hydrogens (tertiary/aromatic N) is 5. The van der Waals surface area contributed by atoms with Gasteiger partial charge in [-0.25, -0.2) is 9.07 Å². The van der Waals surface area contributed by atoms with Gasteiger partial charge in [-0.3, -0.25) is 9.59 Å².